The molecule has 3 atom stereocenters. The van der Waals surface area contributed by atoms with Crippen LogP contribution in [0.25, 0.3) is 0 Å². The van der Waals surface area contributed by atoms with Crippen LogP contribution in [-0.2, 0) is 14.9 Å². The Labute approximate surface area is 146 Å². The summed E-state index contributed by atoms with van der Waals surface area (Å²) in [6.07, 6.45) is 4.20. The normalized spacial score (nSPS) is 28.1. The highest BCUT2D eigenvalue weighted by Crippen LogP contribution is 2.52. The van der Waals surface area contributed by atoms with Crippen LogP contribution in [0.1, 0.15) is 43.0 Å². The van der Waals surface area contributed by atoms with E-state index in [4.69, 9.17) is 9.47 Å². The van der Waals surface area contributed by atoms with Gasteiger partial charge in [-0.1, -0.05) is 0 Å². The van der Waals surface area contributed by atoms with Gasteiger partial charge in [0, 0.05) is 0 Å². The summed E-state index contributed by atoms with van der Waals surface area (Å²) in [6.45, 7) is 1.43. The van der Waals surface area contributed by atoms with Crippen molar-refractivity contribution in [1.82, 2.24) is 0 Å². The number of rotatable bonds is 6. The van der Waals surface area contributed by atoms with Gasteiger partial charge < -0.3 is 14.0 Å². The van der Waals surface area contributed by atoms with Gasteiger partial charge in [0.15, 0.2) is 11.6 Å². The zero-order chi connectivity index (χ0) is 18.2. The number of ether oxygens (including phenoxy) is 2. The average Bonchev–Trinajstić information content (AvgIpc) is 3.08. The largest absolute Gasteiger partial charge is 0.748 e. The molecule has 3 unspecified atom stereocenters. The molecule has 6 nitrogen and oxygen atoms in total. The third-order valence-electron chi connectivity index (χ3n) is 5.18. The molecular weight excluding hydrogens is 351 g/mol. The molecular formula is C17H20FO6S-. The molecule has 25 heavy (non-hydrogen) atoms. The Morgan fingerprint density at radius 3 is 2.76 bits per heavy atom. The molecule has 1 aromatic carbocycles. The van der Waals surface area contributed by atoms with Gasteiger partial charge in [-0.3, -0.25) is 0 Å². The smallest absolute Gasteiger partial charge is 0.338 e. The van der Waals surface area contributed by atoms with Gasteiger partial charge >= 0.3 is 5.97 Å². The average molecular weight is 371 g/mol. The molecule has 0 aromatic heterocycles. The fraction of sp³-hybridized carbons (Fsp3) is 0.588. The van der Waals surface area contributed by atoms with Gasteiger partial charge in [0.1, 0.15) is 12.2 Å². The lowest BCUT2D eigenvalue weighted by Crippen LogP contribution is -2.38. The predicted molar refractivity (Wildman–Crippen MR) is 85.7 cm³/mol. The van der Waals surface area contributed by atoms with Crippen LogP contribution < -0.4 is 4.74 Å². The summed E-state index contributed by atoms with van der Waals surface area (Å²) >= 11 is 0. The highest BCUT2D eigenvalue weighted by Gasteiger charge is 2.50. The lowest BCUT2D eigenvalue weighted by molar-refractivity contribution is 0.0273. The van der Waals surface area contributed by atoms with Gasteiger partial charge in [0.25, 0.3) is 0 Å². The van der Waals surface area contributed by atoms with Crippen molar-refractivity contribution in [2.75, 3.05) is 12.4 Å². The van der Waals surface area contributed by atoms with Crippen molar-refractivity contribution in [2.45, 2.75) is 38.2 Å². The second kappa shape index (κ2) is 6.57. The minimum absolute atomic E-state index is 0.0130. The fourth-order valence-corrected chi connectivity index (χ4v) is 4.25. The monoisotopic (exact) mass is 371 g/mol. The maximum atomic E-state index is 14.1. The molecule has 2 bridgehead atoms. The molecule has 0 N–H and O–H groups in total. The molecule has 2 fully saturated rings. The number of hydrogen-bond donors (Lipinski definition) is 0. The topological polar surface area (TPSA) is 92.7 Å². The summed E-state index contributed by atoms with van der Waals surface area (Å²) < 4.78 is 56.4. The Balaban J connectivity index is 1.69. The van der Waals surface area contributed by atoms with Crippen LogP contribution in [0.5, 0.6) is 5.75 Å². The maximum absolute atomic E-state index is 14.1. The minimum Gasteiger partial charge on any atom is -0.748 e. The first kappa shape index (κ1) is 18.1. The van der Waals surface area contributed by atoms with Crippen molar-refractivity contribution in [3.8, 4) is 5.75 Å². The van der Waals surface area contributed by atoms with E-state index in [0.717, 1.165) is 25.3 Å². The van der Waals surface area contributed by atoms with Crippen LogP contribution in [0, 0.1) is 17.7 Å². The molecule has 0 amide bonds. The fourth-order valence-electron chi connectivity index (χ4n) is 3.96. The summed E-state index contributed by atoms with van der Waals surface area (Å²) in [7, 11) is -4.46. The molecule has 0 saturated heterocycles. The molecule has 1 aromatic rings. The number of fused-ring (bicyclic) bond motifs is 2. The lowest BCUT2D eigenvalue weighted by Gasteiger charge is -2.34. The van der Waals surface area contributed by atoms with Gasteiger partial charge in [-0.15, -0.1) is 0 Å². The number of benzene rings is 1. The van der Waals surface area contributed by atoms with Crippen molar-refractivity contribution in [1.29, 1.82) is 0 Å². The quantitative estimate of drug-likeness (QED) is 0.563. The van der Waals surface area contributed by atoms with Gasteiger partial charge in [-0.2, -0.15) is 0 Å². The van der Waals surface area contributed by atoms with Crippen LogP contribution in [0.15, 0.2) is 18.2 Å². The van der Waals surface area contributed by atoms with Crippen LogP contribution in [-0.4, -0.2) is 36.9 Å². The standard InChI is InChI=1S/C17H21FO6S/c1-17(10-11-2-4-13(17)8-11)24-15-9-12(3-5-14(15)18)16(19)23-6-7-25(20,21)22/h3,5,9,11,13H,2,4,6-8,10H2,1H3,(H,20,21,22)/p-1. The molecule has 2 aliphatic carbocycles. The van der Waals surface area contributed by atoms with Gasteiger partial charge in [0.2, 0.25) is 0 Å². The molecule has 2 aliphatic rings. The summed E-state index contributed by atoms with van der Waals surface area (Å²) in [5.41, 5.74) is -0.394. The van der Waals surface area contributed by atoms with Crippen LogP contribution in [0.2, 0.25) is 0 Å². The molecule has 3 rings (SSSR count). The van der Waals surface area contributed by atoms with Gasteiger partial charge in [-0.25, -0.2) is 17.6 Å². The Morgan fingerprint density at radius 1 is 1.40 bits per heavy atom. The number of hydrogen-bond acceptors (Lipinski definition) is 6. The first-order chi connectivity index (χ1) is 11.7. The number of carbonyl (C=O) groups excluding carboxylic acids is 1. The number of halogens is 1. The third-order valence-corrected chi connectivity index (χ3v) is 5.84. The summed E-state index contributed by atoms with van der Waals surface area (Å²) in [4.78, 5) is 11.9. The number of esters is 1. The predicted octanol–water partition coefficient (Wildman–Crippen LogP) is 2.49. The van der Waals surface area contributed by atoms with Crippen molar-refractivity contribution >= 4 is 16.1 Å². The zero-order valence-electron chi connectivity index (χ0n) is 13.9. The highest BCUT2D eigenvalue weighted by atomic mass is 32.2. The zero-order valence-corrected chi connectivity index (χ0v) is 14.7. The van der Waals surface area contributed by atoms with E-state index in [2.05, 4.69) is 0 Å². The van der Waals surface area contributed by atoms with E-state index in [9.17, 15) is 22.2 Å². The van der Waals surface area contributed by atoms with Crippen molar-refractivity contribution in [3.05, 3.63) is 29.6 Å². The van der Waals surface area contributed by atoms with E-state index in [1.807, 2.05) is 6.92 Å². The molecule has 2 saturated carbocycles. The lowest BCUT2D eigenvalue weighted by atomic mass is 9.85. The molecule has 0 heterocycles. The Hall–Kier alpha value is -1.67. The Morgan fingerprint density at radius 2 is 2.16 bits per heavy atom. The van der Waals surface area contributed by atoms with Gasteiger partial charge in [-0.05, 0) is 62.6 Å². The molecule has 0 radical (unpaired) electrons. The third kappa shape index (κ3) is 4.12. The summed E-state index contributed by atoms with van der Waals surface area (Å²) in [5, 5.41) is 0. The molecule has 138 valence electrons. The van der Waals surface area contributed by atoms with E-state index in [0.29, 0.717) is 11.8 Å². The second-order valence-corrected chi connectivity index (χ2v) is 8.56. The van der Waals surface area contributed by atoms with Crippen LogP contribution in [0.4, 0.5) is 4.39 Å². The molecule has 8 heteroatoms. The van der Waals surface area contributed by atoms with Crippen molar-refractivity contribution in [2.24, 2.45) is 11.8 Å². The SMILES string of the molecule is CC1(Oc2cc(C(=O)OCCS(=O)(=O)[O-])ccc2F)CC2CCC1C2. The van der Waals surface area contributed by atoms with E-state index in [1.165, 1.54) is 18.6 Å². The molecule has 0 spiro atoms. The highest BCUT2D eigenvalue weighted by molar-refractivity contribution is 7.85. The summed E-state index contributed by atoms with van der Waals surface area (Å²) in [6, 6.07) is 3.62. The minimum atomic E-state index is -4.46. The number of carbonyl (C=O) groups is 1. The Bertz CT molecular complexity index is 777. The molecule has 0 aliphatic heterocycles. The van der Waals surface area contributed by atoms with E-state index < -0.39 is 39.9 Å². The first-order valence-electron chi connectivity index (χ1n) is 8.25. The van der Waals surface area contributed by atoms with Crippen LogP contribution >= 0.6 is 0 Å². The second-order valence-electron chi connectivity index (χ2n) is 7.04. The first-order valence-corrected chi connectivity index (χ1v) is 9.83. The Kier molecular flexibility index (Phi) is 4.76. The van der Waals surface area contributed by atoms with Crippen LogP contribution in [0.3, 0.4) is 0 Å². The van der Waals surface area contributed by atoms with E-state index in [-0.39, 0.29) is 11.3 Å². The summed E-state index contributed by atoms with van der Waals surface area (Å²) in [5.74, 6) is -1.21. The van der Waals surface area contributed by atoms with Crippen molar-refractivity contribution in [3.63, 3.8) is 0 Å². The van der Waals surface area contributed by atoms with E-state index >= 15 is 0 Å². The maximum Gasteiger partial charge on any atom is 0.338 e. The van der Waals surface area contributed by atoms with Crippen molar-refractivity contribution < 1.29 is 31.6 Å². The van der Waals surface area contributed by atoms with E-state index in [1.54, 1.807) is 0 Å². The van der Waals surface area contributed by atoms with Gasteiger partial charge in [0.05, 0.1) is 21.4 Å².